The Kier molecular flexibility index (Phi) is 3.57. The zero-order chi connectivity index (χ0) is 14.8. The molecule has 0 fully saturated rings. The number of aliphatic hydroxyl groups is 1. The predicted octanol–water partition coefficient (Wildman–Crippen LogP) is 1.28. The number of nitrogens with zero attached hydrogens (tertiary/aromatic N) is 3. The summed E-state index contributed by atoms with van der Waals surface area (Å²) in [6.45, 7) is 2.41. The maximum atomic E-state index is 9.49. The molecule has 110 valence electrons. The Labute approximate surface area is 121 Å². The zero-order valence-electron chi connectivity index (χ0n) is 11.7. The van der Waals surface area contributed by atoms with E-state index < -0.39 is 0 Å². The van der Waals surface area contributed by atoms with Crippen LogP contribution in [0.15, 0.2) is 23.4 Å². The molecule has 2 aromatic rings. The average Bonchev–Trinajstić information content (AvgIpc) is 2.89. The Morgan fingerprint density at radius 2 is 2.29 bits per heavy atom. The van der Waals surface area contributed by atoms with Crippen molar-refractivity contribution in [3.63, 3.8) is 0 Å². The molecule has 0 spiro atoms. The Bertz CT molecular complexity index is 701. The fourth-order valence-electron chi connectivity index (χ4n) is 2.39. The number of rotatable bonds is 4. The number of nitrogens with two attached hydrogens (primary N) is 1. The average molecular weight is 287 g/mol. The normalized spacial score (nSPS) is 17.6. The highest BCUT2D eigenvalue weighted by molar-refractivity contribution is 5.95. The summed E-state index contributed by atoms with van der Waals surface area (Å²) in [6.07, 6.45) is 0.903. The van der Waals surface area contributed by atoms with Gasteiger partial charge in [0.05, 0.1) is 24.4 Å². The fourth-order valence-corrected chi connectivity index (χ4v) is 2.39. The third-order valence-electron chi connectivity index (χ3n) is 3.34. The van der Waals surface area contributed by atoms with Crippen molar-refractivity contribution in [2.24, 2.45) is 5.16 Å². The smallest absolute Gasteiger partial charge is 0.222 e. The molecule has 1 aromatic carbocycles. The number of hydrogen-bond donors (Lipinski definition) is 3. The maximum Gasteiger partial charge on any atom is 0.222 e. The van der Waals surface area contributed by atoms with Gasteiger partial charge in [-0.05, 0) is 18.6 Å². The lowest BCUT2D eigenvalue weighted by Gasteiger charge is -2.11. The van der Waals surface area contributed by atoms with Crippen molar-refractivity contribution < 1.29 is 9.94 Å². The Hall–Kier alpha value is -2.41. The lowest BCUT2D eigenvalue weighted by Crippen LogP contribution is -2.15. The number of fused-ring (bicyclic) bond motifs is 1. The molecular weight excluding hydrogens is 270 g/mol. The van der Waals surface area contributed by atoms with Gasteiger partial charge in [0.25, 0.3) is 0 Å². The number of nitrogen functional groups attached to an aromatic ring is 1. The van der Waals surface area contributed by atoms with E-state index in [-0.39, 0.29) is 18.7 Å². The number of anilines is 2. The van der Waals surface area contributed by atoms with Crippen molar-refractivity contribution in [1.82, 2.24) is 9.97 Å². The first-order valence-corrected chi connectivity index (χ1v) is 6.79. The van der Waals surface area contributed by atoms with Crippen LogP contribution in [0.2, 0.25) is 0 Å². The van der Waals surface area contributed by atoms with Crippen LogP contribution < -0.4 is 11.1 Å². The van der Waals surface area contributed by atoms with Gasteiger partial charge in [-0.2, -0.15) is 4.98 Å². The third kappa shape index (κ3) is 2.73. The quantitative estimate of drug-likeness (QED) is 0.782. The van der Waals surface area contributed by atoms with E-state index in [0.29, 0.717) is 17.9 Å². The van der Waals surface area contributed by atoms with E-state index in [1.54, 1.807) is 0 Å². The van der Waals surface area contributed by atoms with Crippen molar-refractivity contribution in [2.75, 3.05) is 17.6 Å². The highest BCUT2D eigenvalue weighted by atomic mass is 16.6. The third-order valence-corrected chi connectivity index (χ3v) is 3.34. The SMILES string of the molecule is CC1CC(CNc2nc(N)nc3cccc(CO)c23)=NO1. The van der Waals surface area contributed by atoms with Crippen LogP contribution >= 0.6 is 0 Å². The number of aromatic nitrogens is 2. The first-order chi connectivity index (χ1) is 10.2. The van der Waals surface area contributed by atoms with E-state index >= 15 is 0 Å². The molecule has 1 unspecified atom stereocenters. The number of oxime groups is 1. The van der Waals surface area contributed by atoms with Gasteiger partial charge in [-0.25, -0.2) is 4.98 Å². The minimum absolute atomic E-state index is 0.0829. The molecule has 0 saturated carbocycles. The lowest BCUT2D eigenvalue weighted by molar-refractivity contribution is 0.0995. The van der Waals surface area contributed by atoms with Gasteiger partial charge < -0.3 is 21.0 Å². The molecular formula is C14H17N5O2. The molecule has 4 N–H and O–H groups in total. The standard InChI is InChI=1S/C14H17N5O2/c1-8-5-10(19-21-8)6-16-13-12-9(7-20)3-2-4-11(12)17-14(15)18-13/h2-4,8,20H,5-7H2,1H3,(H3,15,16,17,18). The molecule has 1 aliphatic heterocycles. The van der Waals surface area contributed by atoms with Gasteiger partial charge in [-0.3, -0.25) is 0 Å². The summed E-state index contributed by atoms with van der Waals surface area (Å²) in [6, 6.07) is 5.52. The summed E-state index contributed by atoms with van der Waals surface area (Å²) < 4.78 is 0. The Morgan fingerprint density at radius 1 is 1.43 bits per heavy atom. The first-order valence-electron chi connectivity index (χ1n) is 6.79. The summed E-state index contributed by atoms with van der Waals surface area (Å²) in [7, 11) is 0. The van der Waals surface area contributed by atoms with Crippen molar-refractivity contribution >= 4 is 28.4 Å². The monoisotopic (exact) mass is 287 g/mol. The van der Waals surface area contributed by atoms with Crippen LogP contribution in [0.5, 0.6) is 0 Å². The molecule has 7 nitrogen and oxygen atoms in total. The van der Waals surface area contributed by atoms with Crippen LogP contribution in [-0.4, -0.2) is 33.4 Å². The molecule has 21 heavy (non-hydrogen) atoms. The molecule has 0 amide bonds. The lowest BCUT2D eigenvalue weighted by atomic mass is 10.1. The van der Waals surface area contributed by atoms with E-state index in [4.69, 9.17) is 10.6 Å². The molecule has 1 atom stereocenters. The Balaban J connectivity index is 1.93. The summed E-state index contributed by atoms with van der Waals surface area (Å²) in [5, 5.41) is 17.5. The molecule has 1 aliphatic rings. The minimum Gasteiger partial charge on any atom is -0.392 e. The summed E-state index contributed by atoms with van der Waals surface area (Å²) >= 11 is 0. The largest absolute Gasteiger partial charge is 0.392 e. The highest BCUT2D eigenvalue weighted by Crippen LogP contribution is 2.25. The van der Waals surface area contributed by atoms with E-state index in [1.807, 2.05) is 25.1 Å². The van der Waals surface area contributed by atoms with Gasteiger partial charge in [0.1, 0.15) is 11.9 Å². The summed E-state index contributed by atoms with van der Waals surface area (Å²) in [5.74, 6) is 0.794. The van der Waals surface area contributed by atoms with E-state index in [2.05, 4.69) is 20.4 Å². The molecule has 0 saturated heterocycles. The molecule has 2 heterocycles. The van der Waals surface area contributed by atoms with Crippen LogP contribution in [0.1, 0.15) is 18.9 Å². The molecule has 3 rings (SSSR count). The zero-order valence-corrected chi connectivity index (χ0v) is 11.7. The molecule has 0 aliphatic carbocycles. The van der Waals surface area contributed by atoms with Gasteiger partial charge in [0.15, 0.2) is 0 Å². The van der Waals surface area contributed by atoms with Crippen LogP contribution in [0, 0.1) is 0 Å². The summed E-state index contributed by atoms with van der Waals surface area (Å²) in [5.41, 5.74) is 8.13. The number of benzene rings is 1. The second kappa shape index (κ2) is 5.53. The second-order valence-corrected chi connectivity index (χ2v) is 5.03. The molecule has 0 radical (unpaired) electrons. The molecule has 1 aromatic heterocycles. The number of nitrogens with one attached hydrogen (secondary N) is 1. The van der Waals surface area contributed by atoms with Crippen LogP contribution in [-0.2, 0) is 11.4 Å². The topological polar surface area (TPSA) is 106 Å². The van der Waals surface area contributed by atoms with Crippen molar-refractivity contribution in [1.29, 1.82) is 0 Å². The second-order valence-electron chi connectivity index (χ2n) is 5.03. The van der Waals surface area contributed by atoms with Crippen LogP contribution in [0.3, 0.4) is 0 Å². The van der Waals surface area contributed by atoms with E-state index in [1.165, 1.54) is 0 Å². The predicted molar refractivity (Wildman–Crippen MR) is 81.0 cm³/mol. The van der Waals surface area contributed by atoms with Gasteiger partial charge in [-0.1, -0.05) is 17.3 Å². The van der Waals surface area contributed by atoms with Gasteiger partial charge in [-0.15, -0.1) is 0 Å². The van der Waals surface area contributed by atoms with Gasteiger partial charge >= 0.3 is 0 Å². The Morgan fingerprint density at radius 3 is 3.00 bits per heavy atom. The molecule has 0 bridgehead atoms. The summed E-state index contributed by atoms with van der Waals surface area (Å²) in [4.78, 5) is 13.6. The van der Waals surface area contributed by atoms with Crippen LogP contribution in [0.4, 0.5) is 11.8 Å². The maximum absolute atomic E-state index is 9.49. The van der Waals surface area contributed by atoms with Crippen LogP contribution in [0.25, 0.3) is 10.9 Å². The van der Waals surface area contributed by atoms with Crippen molar-refractivity contribution in [3.05, 3.63) is 23.8 Å². The minimum atomic E-state index is -0.0829. The number of hydrogen-bond acceptors (Lipinski definition) is 7. The van der Waals surface area contributed by atoms with Gasteiger partial charge in [0.2, 0.25) is 5.95 Å². The fraction of sp³-hybridized carbons (Fsp3) is 0.357. The first kappa shape index (κ1) is 13.6. The van der Waals surface area contributed by atoms with Crippen molar-refractivity contribution in [3.8, 4) is 0 Å². The molecule has 7 heteroatoms. The van der Waals surface area contributed by atoms with E-state index in [0.717, 1.165) is 23.1 Å². The highest BCUT2D eigenvalue weighted by Gasteiger charge is 2.17. The van der Waals surface area contributed by atoms with E-state index in [9.17, 15) is 5.11 Å². The number of aliphatic hydroxyl groups excluding tert-OH is 1. The van der Waals surface area contributed by atoms with Crippen molar-refractivity contribution in [2.45, 2.75) is 26.1 Å². The van der Waals surface area contributed by atoms with Gasteiger partial charge in [0, 0.05) is 11.8 Å².